The number of nitrogens with zero attached hydrogens (tertiary/aromatic N) is 4. The molecule has 3 aromatic heterocycles. The molecule has 0 aliphatic heterocycles. The maximum Gasteiger partial charge on any atom is 2.00 e. The van der Waals surface area contributed by atoms with Gasteiger partial charge in [-0.2, -0.15) is 6.07 Å². The molecule has 0 saturated carbocycles. The molecule has 310 valence electrons. The first-order chi connectivity index (χ1) is 30.1. The van der Waals surface area contributed by atoms with E-state index < -0.39 is 0 Å². The molecule has 0 bridgehead atoms. The van der Waals surface area contributed by atoms with Crippen LogP contribution in [0.25, 0.3) is 77.9 Å². The molecule has 0 saturated heterocycles. The first-order valence-corrected chi connectivity index (χ1v) is 21.1. The van der Waals surface area contributed by atoms with Gasteiger partial charge in [-0.3, -0.25) is 4.98 Å². The molecule has 10 aromatic rings. The van der Waals surface area contributed by atoms with E-state index in [2.05, 4.69) is 215 Å². The summed E-state index contributed by atoms with van der Waals surface area (Å²) < 4.78 is 11.1. The Kier molecular flexibility index (Phi) is 11.1. The quantitative estimate of drug-likeness (QED) is 0.143. The fourth-order valence-corrected chi connectivity index (χ4v) is 8.90. The summed E-state index contributed by atoms with van der Waals surface area (Å²) in [5.41, 5.74) is 16.3. The van der Waals surface area contributed by atoms with Crippen molar-refractivity contribution in [2.75, 3.05) is 0 Å². The van der Waals surface area contributed by atoms with Gasteiger partial charge in [-0.05, 0) is 89.3 Å². The molecule has 0 N–H and O–H groups in total. The van der Waals surface area contributed by atoms with Crippen molar-refractivity contribution >= 4 is 21.8 Å². The van der Waals surface area contributed by atoms with Crippen LogP contribution < -0.4 is 4.74 Å². The number of pyridine rings is 1. The minimum Gasteiger partial charge on any atom is -0.503 e. The summed E-state index contributed by atoms with van der Waals surface area (Å²) in [6, 6.07) is 60.5. The van der Waals surface area contributed by atoms with Gasteiger partial charge in [-0.25, -0.2) is 4.98 Å². The van der Waals surface area contributed by atoms with Crippen molar-refractivity contribution < 1.29 is 25.8 Å². The van der Waals surface area contributed by atoms with Crippen LogP contribution in [0.1, 0.15) is 43.0 Å². The third-order valence-electron chi connectivity index (χ3n) is 11.7. The number of benzene rings is 7. The molecule has 7 aromatic carbocycles. The summed E-state index contributed by atoms with van der Waals surface area (Å²) in [6.45, 7) is 13.2. The van der Waals surface area contributed by atoms with Gasteiger partial charge < -0.3 is 13.9 Å². The molecular weight excluding hydrogens is 952 g/mol. The molecule has 63 heavy (non-hydrogen) atoms. The van der Waals surface area contributed by atoms with Gasteiger partial charge in [0.15, 0.2) is 0 Å². The first kappa shape index (κ1) is 41.5. The molecule has 0 spiro atoms. The van der Waals surface area contributed by atoms with E-state index in [1.165, 1.54) is 22.3 Å². The summed E-state index contributed by atoms with van der Waals surface area (Å²) in [4.78, 5) is 9.95. The second kappa shape index (κ2) is 16.8. The zero-order chi connectivity index (χ0) is 42.5. The Bertz CT molecular complexity index is 3200. The number of hydrogen-bond acceptors (Lipinski definition) is 3. The third-order valence-corrected chi connectivity index (χ3v) is 11.7. The smallest absolute Gasteiger partial charge is 0.503 e. The minimum atomic E-state index is -0.171. The molecular formula is C57H46N4OPt. The monoisotopic (exact) mass is 997 g/mol. The van der Waals surface area contributed by atoms with Gasteiger partial charge in [0, 0.05) is 40.0 Å². The van der Waals surface area contributed by atoms with Crippen molar-refractivity contribution in [2.24, 2.45) is 0 Å². The number of imidazole rings is 1. The molecule has 10 rings (SSSR count). The number of aromatic nitrogens is 4. The molecule has 0 aliphatic rings. The number of rotatable bonds is 8. The zero-order valence-electron chi connectivity index (χ0n) is 36.2. The van der Waals surface area contributed by atoms with Gasteiger partial charge >= 0.3 is 21.1 Å². The van der Waals surface area contributed by atoms with Crippen molar-refractivity contribution in [3.63, 3.8) is 0 Å². The number of hydrogen-bond donors (Lipinski definition) is 0. The van der Waals surface area contributed by atoms with Gasteiger partial charge in [0.25, 0.3) is 0 Å². The normalized spacial score (nSPS) is 11.5. The Morgan fingerprint density at radius 3 is 1.94 bits per heavy atom. The van der Waals surface area contributed by atoms with E-state index in [0.717, 1.165) is 77.9 Å². The molecule has 0 amide bonds. The van der Waals surface area contributed by atoms with Crippen LogP contribution in [0.5, 0.6) is 11.5 Å². The van der Waals surface area contributed by atoms with Gasteiger partial charge in [-0.1, -0.05) is 153 Å². The molecule has 6 heteroatoms. The number of aryl methyl sites for hydroxylation is 3. The van der Waals surface area contributed by atoms with Crippen LogP contribution >= 0.6 is 0 Å². The van der Waals surface area contributed by atoms with Crippen LogP contribution in [0.2, 0.25) is 0 Å². The van der Waals surface area contributed by atoms with E-state index in [9.17, 15) is 0 Å². The van der Waals surface area contributed by atoms with E-state index in [0.29, 0.717) is 11.5 Å². The zero-order valence-corrected chi connectivity index (χ0v) is 38.5. The van der Waals surface area contributed by atoms with E-state index in [1.807, 2.05) is 18.6 Å². The van der Waals surface area contributed by atoms with E-state index in [1.54, 1.807) is 0 Å². The van der Waals surface area contributed by atoms with Gasteiger partial charge in [0.05, 0.1) is 12.0 Å². The Labute approximate surface area is 384 Å². The van der Waals surface area contributed by atoms with Crippen LogP contribution in [-0.4, -0.2) is 19.1 Å². The van der Waals surface area contributed by atoms with Gasteiger partial charge in [-0.15, -0.1) is 34.7 Å². The Hall–Kier alpha value is -6.81. The molecule has 0 unspecified atom stereocenters. The topological polar surface area (TPSA) is 44.9 Å². The Morgan fingerprint density at radius 2 is 1.25 bits per heavy atom. The van der Waals surface area contributed by atoms with E-state index in [4.69, 9.17) is 14.7 Å². The molecule has 0 atom stereocenters. The van der Waals surface area contributed by atoms with Gasteiger partial charge in [0.1, 0.15) is 5.82 Å². The minimum absolute atomic E-state index is 0. The molecule has 0 radical (unpaired) electrons. The predicted octanol–water partition coefficient (Wildman–Crippen LogP) is 14.6. The second-order valence-corrected chi connectivity index (χ2v) is 17.2. The van der Waals surface area contributed by atoms with Crippen LogP contribution in [0, 0.1) is 32.9 Å². The summed E-state index contributed by atoms with van der Waals surface area (Å²) in [6.07, 6.45) is 5.92. The summed E-state index contributed by atoms with van der Waals surface area (Å²) in [7, 11) is 0. The van der Waals surface area contributed by atoms with E-state index >= 15 is 0 Å². The molecule has 5 nitrogen and oxygen atoms in total. The summed E-state index contributed by atoms with van der Waals surface area (Å²) in [5, 5.41) is 2.20. The largest absolute Gasteiger partial charge is 2.00 e. The average molecular weight is 998 g/mol. The number of fused-ring (bicyclic) bond motifs is 3. The van der Waals surface area contributed by atoms with Crippen LogP contribution in [0.15, 0.2) is 170 Å². The Balaban J connectivity index is 0.00000504. The third kappa shape index (κ3) is 7.94. The van der Waals surface area contributed by atoms with Crippen molar-refractivity contribution in [1.29, 1.82) is 0 Å². The number of ether oxygens (including phenoxy) is 1. The Morgan fingerprint density at radius 1 is 0.587 bits per heavy atom. The summed E-state index contributed by atoms with van der Waals surface area (Å²) in [5.74, 6) is 2.01. The maximum atomic E-state index is 6.77. The second-order valence-electron chi connectivity index (χ2n) is 17.2. The number of para-hydroxylation sites is 2. The van der Waals surface area contributed by atoms with Crippen molar-refractivity contribution in [2.45, 2.75) is 47.0 Å². The molecule has 3 heterocycles. The van der Waals surface area contributed by atoms with E-state index in [-0.39, 0.29) is 26.5 Å². The summed E-state index contributed by atoms with van der Waals surface area (Å²) >= 11 is 0. The first-order valence-electron chi connectivity index (χ1n) is 21.1. The molecule has 0 fully saturated rings. The van der Waals surface area contributed by atoms with Crippen molar-refractivity contribution in [3.8, 4) is 67.6 Å². The standard InChI is InChI=1S/C57H46N4O.Pt/c1-37-28-38(2)55(39(3)29-37)42-26-27-58-54(32-42)61-52-23-14-13-20-49(52)50-25-24-45(34-53(50)61)62-46-31-43(30-44(33-46)57(4,5)6)51-35-60(36-59-51)56-47(40-16-9-7-10-17-40)21-15-22-48(56)41-18-11-8-12-19-41;/h7-30,32-33,35-36H,1-6H3;/q-2;+2. The van der Waals surface area contributed by atoms with Crippen molar-refractivity contribution in [1.82, 2.24) is 19.1 Å². The predicted molar refractivity (Wildman–Crippen MR) is 255 cm³/mol. The van der Waals surface area contributed by atoms with Crippen LogP contribution in [0.3, 0.4) is 0 Å². The average Bonchev–Trinajstić information content (AvgIpc) is 3.90. The van der Waals surface area contributed by atoms with Crippen molar-refractivity contribution in [3.05, 3.63) is 205 Å². The maximum absolute atomic E-state index is 6.77. The fourth-order valence-electron chi connectivity index (χ4n) is 8.90. The van der Waals surface area contributed by atoms with Crippen LogP contribution in [0.4, 0.5) is 0 Å². The fraction of sp³-hybridized carbons (Fsp3) is 0.123. The van der Waals surface area contributed by atoms with Gasteiger partial charge in [0.2, 0.25) is 0 Å². The molecule has 0 aliphatic carbocycles. The van der Waals surface area contributed by atoms with Crippen LogP contribution in [-0.2, 0) is 26.5 Å². The SMILES string of the molecule is Cc1cc(C)c(-c2ccnc(-n3c4[c-]c(Oc5[c-]c(-c6cn(-c7c(-c8ccccc8)cccc7-c7ccccc7)cn6)cc(C(C)(C)C)c5)ccc4c4ccccc43)c2)c(C)c1.[Pt+2].